The summed E-state index contributed by atoms with van der Waals surface area (Å²) in [5, 5.41) is 18.7. The Hall–Kier alpha value is -1.53. The average Bonchev–Trinajstić information content (AvgIpc) is 2.27. The highest BCUT2D eigenvalue weighted by atomic mass is 16.5. The Balaban J connectivity index is 1.95. The topological polar surface area (TPSA) is 53.2 Å². The molecule has 2 rings (SSSR count). The van der Waals surface area contributed by atoms with Gasteiger partial charge >= 0.3 is 0 Å². The van der Waals surface area contributed by atoms with Crippen molar-refractivity contribution in [2.75, 3.05) is 6.61 Å². The lowest BCUT2D eigenvalue weighted by molar-refractivity contribution is -0.0863. The van der Waals surface area contributed by atoms with Gasteiger partial charge < -0.3 is 9.84 Å². The molecule has 0 saturated heterocycles. The highest BCUT2D eigenvalue weighted by molar-refractivity contribution is 5.38. The Morgan fingerprint density at radius 1 is 1.47 bits per heavy atom. The Kier molecular flexibility index (Phi) is 3.08. The summed E-state index contributed by atoms with van der Waals surface area (Å²) in [7, 11) is 0. The minimum absolute atomic E-state index is 0.0118. The highest BCUT2D eigenvalue weighted by Crippen LogP contribution is 2.37. The van der Waals surface area contributed by atoms with Crippen LogP contribution in [0, 0.1) is 31.1 Å². The Labute approximate surface area is 102 Å². The second-order valence-corrected chi connectivity index (χ2v) is 4.95. The van der Waals surface area contributed by atoms with Crippen molar-refractivity contribution in [1.29, 1.82) is 5.26 Å². The van der Waals surface area contributed by atoms with Gasteiger partial charge in [0.15, 0.2) is 0 Å². The van der Waals surface area contributed by atoms with Crippen LogP contribution in [0.25, 0.3) is 0 Å². The molecule has 0 bridgehead atoms. The van der Waals surface area contributed by atoms with E-state index < -0.39 is 5.60 Å². The molecule has 1 saturated carbocycles. The molecular formula is C14H17NO2. The van der Waals surface area contributed by atoms with Gasteiger partial charge in [-0.3, -0.25) is 0 Å². The Morgan fingerprint density at radius 2 is 2.18 bits per heavy atom. The van der Waals surface area contributed by atoms with Crippen molar-refractivity contribution in [3.05, 3.63) is 29.3 Å². The molecule has 1 fully saturated rings. The number of nitriles is 1. The van der Waals surface area contributed by atoms with Crippen LogP contribution in [0.2, 0.25) is 0 Å². The minimum Gasteiger partial charge on any atom is -0.490 e. The summed E-state index contributed by atoms with van der Waals surface area (Å²) in [5.41, 5.74) is 1.47. The summed E-state index contributed by atoms with van der Waals surface area (Å²) in [5.74, 6) is 0.807. The molecule has 0 heterocycles. The first kappa shape index (κ1) is 11.9. The van der Waals surface area contributed by atoms with Crippen LogP contribution in [0.1, 0.15) is 24.0 Å². The second kappa shape index (κ2) is 4.38. The van der Waals surface area contributed by atoms with E-state index in [0.29, 0.717) is 12.8 Å². The Morgan fingerprint density at radius 3 is 2.82 bits per heavy atom. The predicted molar refractivity (Wildman–Crippen MR) is 64.7 cm³/mol. The first-order chi connectivity index (χ1) is 8.04. The predicted octanol–water partition coefficient (Wildman–Crippen LogP) is 2.35. The summed E-state index contributed by atoms with van der Waals surface area (Å²) in [4.78, 5) is 0. The number of benzene rings is 1. The van der Waals surface area contributed by atoms with E-state index in [1.807, 2.05) is 32.0 Å². The maximum atomic E-state index is 10.1. The van der Waals surface area contributed by atoms with E-state index in [9.17, 15) is 5.11 Å². The third-order valence-corrected chi connectivity index (χ3v) is 3.49. The molecule has 1 aliphatic rings. The summed E-state index contributed by atoms with van der Waals surface area (Å²) < 4.78 is 5.66. The van der Waals surface area contributed by atoms with E-state index >= 15 is 0 Å². The van der Waals surface area contributed by atoms with Gasteiger partial charge in [0.25, 0.3) is 0 Å². The molecule has 0 amide bonds. The van der Waals surface area contributed by atoms with Crippen LogP contribution in [0.3, 0.4) is 0 Å². The third kappa shape index (κ3) is 2.42. The molecule has 0 spiro atoms. The summed E-state index contributed by atoms with van der Waals surface area (Å²) in [6.07, 6.45) is 1.04. The van der Waals surface area contributed by atoms with Gasteiger partial charge in [-0.2, -0.15) is 5.26 Å². The van der Waals surface area contributed by atoms with Crippen LogP contribution in [0.5, 0.6) is 5.75 Å². The monoisotopic (exact) mass is 231 g/mol. The van der Waals surface area contributed by atoms with E-state index in [-0.39, 0.29) is 12.5 Å². The molecule has 17 heavy (non-hydrogen) atoms. The van der Waals surface area contributed by atoms with E-state index in [1.54, 1.807) is 0 Å². The lowest BCUT2D eigenvalue weighted by atomic mass is 9.72. The summed E-state index contributed by atoms with van der Waals surface area (Å²) in [6, 6.07) is 8.05. The lowest BCUT2D eigenvalue weighted by Gasteiger charge is -2.39. The molecule has 0 aromatic heterocycles. The van der Waals surface area contributed by atoms with Gasteiger partial charge in [0.1, 0.15) is 18.0 Å². The number of rotatable bonds is 3. The number of ether oxygens (including phenoxy) is 1. The average molecular weight is 231 g/mol. The molecular weight excluding hydrogens is 214 g/mol. The van der Waals surface area contributed by atoms with Crippen molar-refractivity contribution in [3.8, 4) is 11.8 Å². The zero-order valence-corrected chi connectivity index (χ0v) is 10.2. The molecule has 0 radical (unpaired) electrons. The van der Waals surface area contributed by atoms with Gasteiger partial charge in [-0.05, 0) is 43.9 Å². The largest absolute Gasteiger partial charge is 0.490 e. The summed E-state index contributed by atoms with van der Waals surface area (Å²) >= 11 is 0. The molecule has 1 aliphatic carbocycles. The molecule has 3 heteroatoms. The standard InChI is InChI=1S/C14H17NO2/c1-10-4-3-5-13(11(10)2)17-9-14(16)6-12(7-14)8-15/h3-5,12,16H,6-7,9H2,1-2H3. The highest BCUT2D eigenvalue weighted by Gasteiger charge is 2.43. The lowest BCUT2D eigenvalue weighted by Crippen LogP contribution is -2.48. The summed E-state index contributed by atoms with van der Waals surface area (Å²) in [6.45, 7) is 4.31. The van der Waals surface area contributed by atoms with Gasteiger partial charge in [0.05, 0.1) is 12.0 Å². The van der Waals surface area contributed by atoms with Gasteiger partial charge in [0, 0.05) is 0 Å². The quantitative estimate of drug-likeness (QED) is 0.868. The number of aryl methyl sites for hydroxylation is 1. The zero-order valence-electron chi connectivity index (χ0n) is 10.2. The van der Waals surface area contributed by atoms with E-state index in [4.69, 9.17) is 10.00 Å². The van der Waals surface area contributed by atoms with Crippen molar-refractivity contribution in [1.82, 2.24) is 0 Å². The second-order valence-electron chi connectivity index (χ2n) is 4.95. The maximum Gasteiger partial charge on any atom is 0.122 e. The van der Waals surface area contributed by atoms with E-state index in [2.05, 4.69) is 6.07 Å². The van der Waals surface area contributed by atoms with Gasteiger partial charge in [0.2, 0.25) is 0 Å². The normalized spacial score (nSPS) is 27.1. The van der Waals surface area contributed by atoms with Crippen LogP contribution >= 0.6 is 0 Å². The molecule has 0 unspecified atom stereocenters. The molecule has 0 atom stereocenters. The Bertz CT molecular complexity index is 456. The van der Waals surface area contributed by atoms with Crippen LogP contribution < -0.4 is 4.74 Å². The molecule has 90 valence electrons. The number of hydrogen-bond donors (Lipinski definition) is 1. The van der Waals surface area contributed by atoms with Crippen molar-refractivity contribution in [2.24, 2.45) is 5.92 Å². The fourth-order valence-electron chi connectivity index (χ4n) is 2.16. The maximum absolute atomic E-state index is 10.1. The van der Waals surface area contributed by atoms with Crippen LogP contribution in [-0.4, -0.2) is 17.3 Å². The smallest absolute Gasteiger partial charge is 0.122 e. The molecule has 3 nitrogen and oxygen atoms in total. The molecule has 0 aliphatic heterocycles. The van der Waals surface area contributed by atoms with Crippen molar-refractivity contribution < 1.29 is 9.84 Å². The first-order valence-electron chi connectivity index (χ1n) is 5.85. The minimum atomic E-state index is -0.809. The van der Waals surface area contributed by atoms with Crippen LogP contribution in [0.4, 0.5) is 0 Å². The fraction of sp³-hybridized carbons (Fsp3) is 0.500. The van der Waals surface area contributed by atoms with Gasteiger partial charge in [-0.25, -0.2) is 0 Å². The third-order valence-electron chi connectivity index (χ3n) is 3.49. The van der Waals surface area contributed by atoms with Crippen LogP contribution in [-0.2, 0) is 0 Å². The van der Waals surface area contributed by atoms with Crippen LogP contribution in [0.15, 0.2) is 18.2 Å². The van der Waals surface area contributed by atoms with Gasteiger partial charge in [-0.1, -0.05) is 12.1 Å². The number of hydrogen-bond acceptors (Lipinski definition) is 3. The van der Waals surface area contributed by atoms with Crippen molar-refractivity contribution in [3.63, 3.8) is 0 Å². The molecule has 1 N–H and O–H groups in total. The van der Waals surface area contributed by atoms with Gasteiger partial charge in [-0.15, -0.1) is 0 Å². The SMILES string of the molecule is Cc1cccc(OCC2(O)CC(C#N)C2)c1C. The molecule has 1 aromatic rings. The number of aliphatic hydroxyl groups is 1. The zero-order chi connectivity index (χ0) is 12.5. The van der Waals surface area contributed by atoms with E-state index in [1.165, 1.54) is 5.56 Å². The van der Waals surface area contributed by atoms with E-state index in [0.717, 1.165) is 11.3 Å². The molecule has 1 aromatic carbocycles. The fourth-order valence-corrected chi connectivity index (χ4v) is 2.16. The number of nitrogens with zero attached hydrogens (tertiary/aromatic N) is 1. The van der Waals surface area contributed by atoms with Crippen molar-refractivity contribution >= 4 is 0 Å². The first-order valence-corrected chi connectivity index (χ1v) is 5.85. The van der Waals surface area contributed by atoms with Crippen molar-refractivity contribution in [2.45, 2.75) is 32.3 Å².